The fraction of sp³-hybridized carbons (Fsp3) is 0.296. The summed E-state index contributed by atoms with van der Waals surface area (Å²) in [5, 5.41) is 0. The molecule has 1 amide bonds. The van der Waals surface area contributed by atoms with Gasteiger partial charge in [-0.25, -0.2) is 4.98 Å². The second kappa shape index (κ2) is 8.70. The molecule has 1 saturated heterocycles. The van der Waals surface area contributed by atoms with E-state index in [0.717, 1.165) is 58.7 Å². The first-order valence-electron chi connectivity index (χ1n) is 11.3. The van der Waals surface area contributed by atoms with Gasteiger partial charge in [-0.15, -0.1) is 0 Å². The van der Waals surface area contributed by atoms with Crippen LogP contribution < -0.4 is 4.74 Å². The molecule has 1 atom stereocenters. The van der Waals surface area contributed by atoms with Gasteiger partial charge < -0.3 is 14.2 Å². The summed E-state index contributed by atoms with van der Waals surface area (Å²) in [5.74, 6) is 1.13. The topological polar surface area (TPSA) is 60.2 Å². The largest absolute Gasteiger partial charge is 0.497 e. The highest BCUT2D eigenvalue weighted by Gasteiger charge is 2.27. The van der Waals surface area contributed by atoms with Gasteiger partial charge in [-0.2, -0.15) is 0 Å². The normalized spacial score (nSPS) is 16.2. The number of rotatable bonds is 4. The minimum Gasteiger partial charge on any atom is -0.497 e. The van der Waals surface area contributed by atoms with Crippen LogP contribution in [0.4, 0.5) is 0 Å². The molecule has 0 radical (unpaired) electrons. The average Bonchev–Trinajstić information content (AvgIpc) is 3.23. The SMILES string of the molecule is COc1ccc(-c2cc(C)nc([C@@H]3CCCN(C(=O)c4ccc5c(c4)ncn5C)C3)c2)cc1. The van der Waals surface area contributed by atoms with E-state index in [1.54, 1.807) is 13.4 Å². The second-order valence-electron chi connectivity index (χ2n) is 8.80. The summed E-state index contributed by atoms with van der Waals surface area (Å²) in [4.78, 5) is 24.5. The summed E-state index contributed by atoms with van der Waals surface area (Å²) >= 11 is 0. The van der Waals surface area contributed by atoms with Gasteiger partial charge in [-0.1, -0.05) is 12.1 Å². The number of ether oxygens (including phenoxy) is 1. The van der Waals surface area contributed by atoms with Gasteiger partial charge in [0.25, 0.3) is 5.91 Å². The maximum atomic E-state index is 13.3. The molecule has 6 heteroatoms. The Balaban J connectivity index is 1.38. The van der Waals surface area contributed by atoms with Gasteiger partial charge in [0.2, 0.25) is 0 Å². The van der Waals surface area contributed by atoms with Crippen molar-refractivity contribution >= 4 is 16.9 Å². The van der Waals surface area contributed by atoms with Crippen LogP contribution in [0.15, 0.2) is 60.9 Å². The minimum atomic E-state index is 0.0651. The summed E-state index contributed by atoms with van der Waals surface area (Å²) in [7, 11) is 3.63. The minimum absolute atomic E-state index is 0.0651. The molecule has 2 aromatic heterocycles. The molecular weight excluding hydrogens is 412 g/mol. The van der Waals surface area contributed by atoms with E-state index in [4.69, 9.17) is 9.72 Å². The Morgan fingerprint density at radius 3 is 2.67 bits per heavy atom. The highest BCUT2D eigenvalue weighted by molar-refractivity contribution is 5.97. The monoisotopic (exact) mass is 440 g/mol. The van der Waals surface area contributed by atoms with Crippen LogP contribution in [0.25, 0.3) is 22.2 Å². The Hall–Kier alpha value is -3.67. The van der Waals surface area contributed by atoms with Crippen LogP contribution in [0.2, 0.25) is 0 Å². The number of amides is 1. The molecule has 0 N–H and O–H groups in total. The molecule has 3 heterocycles. The van der Waals surface area contributed by atoms with Gasteiger partial charge in [0.15, 0.2) is 0 Å². The van der Waals surface area contributed by atoms with Crippen LogP contribution in [-0.2, 0) is 7.05 Å². The van der Waals surface area contributed by atoms with Crippen molar-refractivity contribution in [3.63, 3.8) is 0 Å². The molecule has 1 fully saturated rings. The Morgan fingerprint density at radius 1 is 1.06 bits per heavy atom. The molecule has 1 aliphatic heterocycles. The predicted molar refractivity (Wildman–Crippen MR) is 130 cm³/mol. The van der Waals surface area contributed by atoms with E-state index in [-0.39, 0.29) is 11.8 Å². The lowest BCUT2D eigenvalue weighted by atomic mass is 9.91. The number of hydrogen-bond acceptors (Lipinski definition) is 4. The molecule has 0 aliphatic carbocycles. The van der Waals surface area contributed by atoms with Crippen molar-refractivity contribution in [2.24, 2.45) is 7.05 Å². The van der Waals surface area contributed by atoms with Crippen molar-refractivity contribution in [2.75, 3.05) is 20.2 Å². The van der Waals surface area contributed by atoms with Crippen molar-refractivity contribution in [2.45, 2.75) is 25.7 Å². The molecule has 0 saturated carbocycles. The highest BCUT2D eigenvalue weighted by Crippen LogP contribution is 2.31. The average molecular weight is 441 g/mol. The molecule has 0 unspecified atom stereocenters. The van der Waals surface area contributed by atoms with Gasteiger partial charge in [-0.3, -0.25) is 9.78 Å². The van der Waals surface area contributed by atoms with Crippen molar-refractivity contribution in [1.29, 1.82) is 0 Å². The summed E-state index contributed by atoms with van der Waals surface area (Å²) in [6, 6.07) is 18.2. The van der Waals surface area contributed by atoms with Gasteiger partial charge in [-0.05, 0) is 73.4 Å². The number of aryl methyl sites for hydroxylation is 2. The number of carbonyl (C=O) groups excluding carboxylic acids is 1. The van der Waals surface area contributed by atoms with Crippen molar-refractivity contribution in [3.05, 3.63) is 77.9 Å². The number of fused-ring (bicyclic) bond motifs is 1. The summed E-state index contributed by atoms with van der Waals surface area (Å²) in [6.07, 6.45) is 3.77. The fourth-order valence-electron chi connectivity index (χ4n) is 4.71. The van der Waals surface area contributed by atoms with Gasteiger partial charge in [0.1, 0.15) is 5.75 Å². The number of benzene rings is 2. The van der Waals surface area contributed by atoms with Crippen molar-refractivity contribution in [3.8, 4) is 16.9 Å². The first-order chi connectivity index (χ1) is 16.0. The molecule has 5 rings (SSSR count). The zero-order valence-corrected chi connectivity index (χ0v) is 19.3. The van der Waals surface area contributed by atoms with E-state index < -0.39 is 0 Å². The highest BCUT2D eigenvalue weighted by atomic mass is 16.5. The third kappa shape index (κ3) is 4.21. The van der Waals surface area contributed by atoms with Crippen LogP contribution in [0.5, 0.6) is 5.75 Å². The number of hydrogen-bond donors (Lipinski definition) is 0. The van der Waals surface area contributed by atoms with E-state index in [0.29, 0.717) is 12.1 Å². The number of imidazole rings is 1. The third-order valence-corrected chi connectivity index (χ3v) is 6.50. The summed E-state index contributed by atoms with van der Waals surface area (Å²) in [6.45, 7) is 3.48. The van der Waals surface area contributed by atoms with Crippen LogP contribution in [0.3, 0.4) is 0 Å². The van der Waals surface area contributed by atoms with Gasteiger partial charge in [0, 0.05) is 43.0 Å². The quantitative estimate of drug-likeness (QED) is 0.449. The molecule has 6 nitrogen and oxygen atoms in total. The predicted octanol–water partition coefficient (Wildman–Crippen LogP) is 4.97. The molecule has 168 valence electrons. The molecule has 2 aromatic carbocycles. The molecule has 0 bridgehead atoms. The first kappa shape index (κ1) is 21.2. The number of pyridine rings is 1. The fourth-order valence-corrected chi connectivity index (χ4v) is 4.71. The Bertz CT molecular complexity index is 1310. The lowest BCUT2D eigenvalue weighted by Gasteiger charge is -2.33. The number of nitrogens with zero attached hydrogens (tertiary/aromatic N) is 4. The van der Waals surface area contributed by atoms with Gasteiger partial charge in [0.05, 0.1) is 24.5 Å². The number of methoxy groups -OCH3 is 1. The molecule has 33 heavy (non-hydrogen) atoms. The van der Waals surface area contributed by atoms with Crippen LogP contribution in [0, 0.1) is 6.92 Å². The zero-order valence-electron chi connectivity index (χ0n) is 19.3. The zero-order chi connectivity index (χ0) is 22.9. The molecule has 0 spiro atoms. The Kier molecular flexibility index (Phi) is 5.58. The number of carbonyl (C=O) groups is 1. The van der Waals surface area contributed by atoms with E-state index in [2.05, 4.69) is 29.2 Å². The Morgan fingerprint density at radius 2 is 1.88 bits per heavy atom. The Labute approximate surface area is 193 Å². The molecule has 1 aliphatic rings. The smallest absolute Gasteiger partial charge is 0.253 e. The van der Waals surface area contributed by atoms with Crippen LogP contribution in [0.1, 0.15) is 40.5 Å². The molecule has 4 aromatic rings. The number of piperidine rings is 1. The lowest BCUT2D eigenvalue weighted by molar-refractivity contribution is 0.0706. The standard InChI is InChI=1S/C27H28N4O2/c1-18-13-22(19-6-9-23(33-3)10-7-19)15-24(29-18)21-5-4-12-31(16-21)27(32)20-8-11-26-25(14-20)28-17-30(26)2/h6-11,13-15,17,21H,4-5,12,16H2,1-3H3/t21-/m1/s1. The van der Waals surface area contributed by atoms with E-state index in [1.165, 1.54) is 0 Å². The maximum Gasteiger partial charge on any atom is 0.253 e. The van der Waals surface area contributed by atoms with E-state index in [9.17, 15) is 4.79 Å². The van der Waals surface area contributed by atoms with E-state index >= 15 is 0 Å². The molecular formula is C27H28N4O2. The summed E-state index contributed by atoms with van der Waals surface area (Å²) in [5.41, 5.74) is 6.89. The van der Waals surface area contributed by atoms with Crippen molar-refractivity contribution in [1.82, 2.24) is 19.4 Å². The van der Waals surface area contributed by atoms with Crippen LogP contribution >= 0.6 is 0 Å². The number of aromatic nitrogens is 3. The van der Waals surface area contributed by atoms with Crippen LogP contribution in [-0.4, -0.2) is 45.5 Å². The lowest BCUT2D eigenvalue weighted by Crippen LogP contribution is -2.39. The maximum absolute atomic E-state index is 13.3. The second-order valence-corrected chi connectivity index (χ2v) is 8.80. The van der Waals surface area contributed by atoms with E-state index in [1.807, 2.05) is 53.8 Å². The van der Waals surface area contributed by atoms with Crippen molar-refractivity contribution < 1.29 is 9.53 Å². The number of likely N-dealkylation sites (tertiary alicyclic amines) is 1. The van der Waals surface area contributed by atoms with Gasteiger partial charge >= 0.3 is 0 Å². The third-order valence-electron chi connectivity index (χ3n) is 6.50. The summed E-state index contributed by atoms with van der Waals surface area (Å²) < 4.78 is 7.25. The first-order valence-corrected chi connectivity index (χ1v) is 11.3.